The van der Waals surface area contributed by atoms with Gasteiger partial charge in [-0.05, 0) is 36.4 Å². The van der Waals surface area contributed by atoms with Gasteiger partial charge in [-0.25, -0.2) is 10.2 Å². The van der Waals surface area contributed by atoms with E-state index in [-0.39, 0.29) is 0 Å². The van der Waals surface area contributed by atoms with Crippen molar-refractivity contribution in [3.63, 3.8) is 0 Å². The number of nitrogens with zero attached hydrogens (tertiary/aromatic N) is 1. The minimum Gasteiger partial charge on any atom is -0.448 e. The molecule has 0 bridgehead atoms. The van der Waals surface area contributed by atoms with Crippen molar-refractivity contribution in [3.8, 4) is 0 Å². The highest BCUT2D eigenvalue weighted by atomic mass is 35.5. The van der Waals surface area contributed by atoms with Crippen LogP contribution in [0.4, 0.5) is 4.79 Å². The Hall–Kier alpha value is -1.50. The molecule has 1 N–H and O–H groups in total. The van der Waals surface area contributed by atoms with Crippen molar-refractivity contribution in [1.29, 1.82) is 0 Å². The van der Waals surface area contributed by atoms with E-state index in [1.54, 1.807) is 11.3 Å². The SMILES string of the molecule is CCCOC(=O)NN=C(c1ccc(Cl)cc1)c1ccc(CSCC)s1. The van der Waals surface area contributed by atoms with Gasteiger partial charge in [0, 0.05) is 21.2 Å². The molecule has 134 valence electrons. The van der Waals surface area contributed by atoms with Crippen LogP contribution in [0.15, 0.2) is 41.5 Å². The molecule has 0 aliphatic carbocycles. The van der Waals surface area contributed by atoms with Gasteiger partial charge in [0.25, 0.3) is 0 Å². The summed E-state index contributed by atoms with van der Waals surface area (Å²) in [6, 6.07) is 11.5. The van der Waals surface area contributed by atoms with Crippen molar-refractivity contribution in [2.75, 3.05) is 12.4 Å². The van der Waals surface area contributed by atoms with Gasteiger partial charge >= 0.3 is 6.09 Å². The summed E-state index contributed by atoms with van der Waals surface area (Å²) in [5.41, 5.74) is 4.06. The van der Waals surface area contributed by atoms with E-state index in [4.69, 9.17) is 16.3 Å². The van der Waals surface area contributed by atoms with Crippen molar-refractivity contribution in [3.05, 3.63) is 56.7 Å². The molecule has 1 amide bonds. The number of hydrogen-bond donors (Lipinski definition) is 1. The first-order valence-electron chi connectivity index (χ1n) is 8.07. The normalized spacial score (nSPS) is 11.4. The number of amides is 1. The number of thiophene rings is 1. The number of ether oxygens (including phenoxy) is 1. The zero-order chi connectivity index (χ0) is 18.1. The fourth-order valence-corrected chi connectivity index (χ4v) is 3.91. The third-order valence-electron chi connectivity index (χ3n) is 3.16. The minimum atomic E-state index is -0.549. The molecule has 0 spiro atoms. The molecule has 2 aromatic rings. The number of carbonyl (C=O) groups excluding carboxylic acids is 1. The quantitative estimate of drug-likeness (QED) is 0.470. The summed E-state index contributed by atoms with van der Waals surface area (Å²) in [5.74, 6) is 2.05. The maximum Gasteiger partial charge on any atom is 0.427 e. The van der Waals surface area contributed by atoms with Crippen LogP contribution in [0.1, 0.15) is 35.6 Å². The van der Waals surface area contributed by atoms with E-state index in [0.29, 0.717) is 17.3 Å². The van der Waals surface area contributed by atoms with Crippen LogP contribution in [-0.4, -0.2) is 24.2 Å². The molecule has 0 fully saturated rings. The number of hydrazone groups is 1. The first kappa shape index (κ1) is 19.8. The maximum atomic E-state index is 11.7. The number of carbonyl (C=O) groups is 1. The Morgan fingerprint density at radius 2 is 2.00 bits per heavy atom. The molecule has 25 heavy (non-hydrogen) atoms. The van der Waals surface area contributed by atoms with E-state index >= 15 is 0 Å². The predicted molar refractivity (Wildman–Crippen MR) is 108 cm³/mol. The van der Waals surface area contributed by atoms with Gasteiger partial charge in [0.15, 0.2) is 0 Å². The summed E-state index contributed by atoms with van der Waals surface area (Å²) in [4.78, 5) is 14.0. The predicted octanol–water partition coefficient (Wildman–Crippen LogP) is 5.54. The lowest BCUT2D eigenvalue weighted by molar-refractivity contribution is 0.146. The topological polar surface area (TPSA) is 50.7 Å². The van der Waals surface area contributed by atoms with Gasteiger partial charge in [-0.2, -0.15) is 16.9 Å². The zero-order valence-electron chi connectivity index (χ0n) is 14.3. The Morgan fingerprint density at radius 1 is 1.24 bits per heavy atom. The van der Waals surface area contributed by atoms with E-state index in [9.17, 15) is 4.79 Å². The largest absolute Gasteiger partial charge is 0.448 e. The lowest BCUT2D eigenvalue weighted by atomic mass is 10.1. The van der Waals surface area contributed by atoms with Gasteiger partial charge in [0.1, 0.15) is 5.71 Å². The second-order valence-electron chi connectivity index (χ2n) is 5.12. The molecule has 4 nitrogen and oxygen atoms in total. The molecule has 0 aliphatic heterocycles. The first-order chi connectivity index (χ1) is 12.1. The third-order valence-corrected chi connectivity index (χ3v) is 5.61. The van der Waals surface area contributed by atoms with Gasteiger partial charge in [0.05, 0.1) is 11.5 Å². The highest BCUT2D eigenvalue weighted by Crippen LogP contribution is 2.25. The molecule has 0 aliphatic rings. The first-order valence-corrected chi connectivity index (χ1v) is 10.4. The summed E-state index contributed by atoms with van der Waals surface area (Å²) in [6.45, 7) is 4.46. The van der Waals surface area contributed by atoms with Gasteiger partial charge < -0.3 is 4.74 Å². The molecule has 0 saturated heterocycles. The Morgan fingerprint density at radius 3 is 2.68 bits per heavy atom. The van der Waals surface area contributed by atoms with Crippen molar-refractivity contribution < 1.29 is 9.53 Å². The van der Waals surface area contributed by atoms with Crippen molar-refractivity contribution in [2.24, 2.45) is 5.10 Å². The molecule has 0 saturated carbocycles. The van der Waals surface area contributed by atoms with Crippen LogP contribution in [-0.2, 0) is 10.5 Å². The highest BCUT2D eigenvalue weighted by molar-refractivity contribution is 7.98. The van der Waals surface area contributed by atoms with Crippen LogP contribution in [0.3, 0.4) is 0 Å². The summed E-state index contributed by atoms with van der Waals surface area (Å²) >= 11 is 9.53. The molecule has 2 rings (SSSR count). The number of rotatable bonds is 8. The summed E-state index contributed by atoms with van der Waals surface area (Å²) in [5, 5.41) is 4.95. The van der Waals surface area contributed by atoms with E-state index in [1.807, 2.05) is 49.0 Å². The number of benzene rings is 1. The molecule has 7 heteroatoms. The average molecular weight is 397 g/mol. The molecule has 0 unspecified atom stereocenters. The number of halogens is 1. The molecule has 1 heterocycles. The lowest BCUT2D eigenvalue weighted by Gasteiger charge is -2.07. The summed E-state index contributed by atoms with van der Waals surface area (Å²) in [6.07, 6.45) is 0.219. The van der Waals surface area contributed by atoms with Crippen molar-refractivity contribution in [1.82, 2.24) is 5.43 Å². The third kappa shape index (κ3) is 6.38. The van der Waals surface area contributed by atoms with Crippen LogP contribution in [0.5, 0.6) is 0 Å². The summed E-state index contributed by atoms with van der Waals surface area (Å²) in [7, 11) is 0. The Balaban J connectivity index is 2.24. The standard InChI is InChI=1S/C18H21ClN2O2S2/c1-3-11-23-18(22)21-20-17(13-5-7-14(19)8-6-13)16-10-9-15(25-16)12-24-4-2/h5-10H,3-4,11-12H2,1-2H3,(H,21,22). The Bertz CT molecular complexity index is 714. The highest BCUT2D eigenvalue weighted by Gasteiger charge is 2.12. The van der Waals surface area contributed by atoms with Crippen molar-refractivity contribution in [2.45, 2.75) is 26.0 Å². The number of nitrogens with one attached hydrogen (secondary N) is 1. The second kappa shape index (κ2) is 10.5. The van der Waals surface area contributed by atoms with Crippen LogP contribution in [0.2, 0.25) is 5.02 Å². The second-order valence-corrected chi connectivity index (χ2v) is 8.00. The van der Waals surface area contributed by atoms with Gasteiger partial charge in [-0.3, -0.25) is 0 Å². The fourth-order valence-electron chi connectivity index (χ4n) is 1.98. The van der Waals surface area contributed by atoms with E-state index in [1.165, 1.54) is 4.88 Å². The van der Waals surface area contributed by atoms with Crippen LogP contribution in [0, 0.1) is 0 Å². The lowest BCUT2D eigenvalue weighted by Crippen LogP contribution is -2.21. The van der Waals surface area contributed by atoms with E-state index < -0.39 is 6.09 Å². The Kier molecular flexibility index (Phi) is 8.31. The van der Waals surface area contributed by atoms with Crippen LogP contribution in [0.25, 0.3) is 0 Å². The van der Waals surface area contributed by atoms with Gasteiger partial charge in [-0.1, -0.05) is 37.6 Å². The zero-order valence-corrected chi connectivity index (χ0v) is 16.6. The van der Waals surface area contributed by atoms with Crippen LogP contribution >= 0.6 is 34.7 Å². The number of thioether (sulfide) groups is 1. The molecule has 1 aromatic heterocycles. The molecule has 0 radical (unpaired) electrons. The van der Waals surface area contributed by atoms with E-state index in [0.717, 1.165) is 28.4 Å². The van der Waals surface area contributed by atoms with Crippen molar-refractivity contribution >= 4 is 46.5 Å². The minimum absolute atomic E-state index is 0.370. The Labute approximate surface area is 161 Å². The van der Waals surface area contributed by atoms with Gasteiger partial charge in [-0.15, -0.1) is 11.3 Å². The summed E-state index contributed by atoms with van der Waals surface area (Å²) < 4.78 is 5.01. The maximum absolute atomic E-state index is 11.7. The molecular formula is C18H21ClN2O2S2. The van der Waals surface area contributed by atoms with Gasteiger partial charge in [0.2, 0.25) is 0 Å². The monoisotopic (exact) mass is 396 g/mol. The molecule has 0 atom stereocenters. The average Bonchev–Trinajstić information content (AvgIpc) is 3.08. The number of hydrogen-bond acceptors (Lipinski definition) is 5. The fraction of sp³-hybridized carbons (Fsp3) is 0.333. The molecular weight excluding hydrogens is 376 g/mol. The smallest absolute Gasteiger partial charge is 0.427 e. The molecule has 1 aromatic carbocycles. The van der Waals surface area contributed by atoms with Crippen LogP contribution < -0.4 is 5.43 Å². The van der Waals surface area contributed by atoms with E-state index in [2.05, 4.69) is 23.5 Å².